The standard InChI is InChI=1S/C5H8O.C3H6O/c6-5-3-1-2-4-5;1-3(2)4/h1-4H2;1-2H3. The zero-order chi connectivity index (χ0) is 7.98. The summed E-state index contributed by atoms with van der Waals surface area (Å²) < 4.78 is 0. The zero-order valence-corrected chi connectivity index (χ0v) is 6.64. The van der Waals surface area contributed by atoms with Gasteiger partial charge < -0.3 is 4.79 Å². The van der Waals surface area contributed by atoms with Gasteiger partial charge in [-0.25, -0.2) is 0 Å². The van der Waals surface area contributed by atoms with Gasteiger partial charge in [0.2, 0.25) is 0 Å². The average Bonchev–Trinajstić information content (AvgIpc) is 2.15. The van der Waals surface area contributed by atoms with Crippen molar-refractivity contribution in [1.29, 1.82) is 0 Å². The number of hydrogen-bond donors (Lipinski definition) is 0. The van der Waals surface area contributed by atoms with Crippen molar-refractivity contribution in [3.63, 3.8) is 0 Å². The second-order valence-electron chi connectivity index (χ2n) is 2.65. The van der Waals surface area contributed by atoms with Crippen molar-refractivity contribution in [1.82, 2.24) is 0 Å². The summed E-state index contributed by atoms with van der Waals surface area (Å²) >= 11 is 0. The Balaban J connectivity index is 0.000000180. The molecule has 0 aromatic heterocycles. The SMILES string of the molecule is CC(C)=O.O=C1CCCC1. The van der Waals surface area contributed by atoms with Crippen molar-refractivity contribution in [2.75, 3.05) is 0 Å². The molecule has 0 heterocycles. The van der Waals surface area contributed by atoms with Crippen LogP contribution in [0.5, 0.6) is 0 Å². The van der Waals surface area contributed by atoms with E-state index in [-0.39, 0.29) is 5.78 Å². The Bertz CT molecular complexity index is 115. The highest BCUT2D eigenvalue weighted by atomic mass is 16.1. The third kappa shape index (κ3) is 7.34. The van der Waals surface area contributed by atoms with Gasteiger partial charge in [-0.05, 0) is 26.7 Å². The lowest BCUT2D eigenvalue weighted by Gasteiger charge is -1.71. The lowest BCUT2D eigenvalue weighted by Crippen LogP contribution is -1.81. The molecule has 0 spiro atoms. The van der Waals surface area contributed by atoms with Gasteiger partial charge >= 0.3 is 0 Å². The Kier molecular flexibility index (Phi) is 4.81. The third-order valence-electron chi connectivity index (χ3n) is 1.16. The minimum absolute atomic E-state index is 0.167. The van der Waals surface area contributed by atoms with Crippen molar-refractivity contribution in [3.8, 4) is 0 Å². The summed E-state index contributed by atoms with van der Waals surface area (Å²) in [7, 11) is 0. The Morgan fingerprint density at radius 3 is 1.60 bits per heavy atom. The Labute approximate surface area is 61.6 Å². The average molecular weight is 142 g/mol. The van der Waals surface area contributed by atoms with Gasteiger partial charge in [-0.2, -0.15) is 0 Å². The van der Waals surface area contributed by atoms with Gasteiger partial charge in [-0.3, -0.25) is 4.79 Å². The van der Waals surface area contributed by atoms with E-state index >= 15 is 0 Å². The van der Waals surface area contributed by atoms with E-state index in [4.69, 9.17) is 0 Å². The largest absolute Gasteiger partial charge is 0.300 e. The maximum absolute atomic E-state index is 10.2. The van der Waals surface area contributed by atoms with Gasteiger partial charge in [-0.15, -0.1) is 0 Å². The summed E-state index contributed by atoms with van der Waals surface area (Å²) in [6.07, 6.45) is 3.97. The zero-order valence-electron chi connectivity index (χ0n) is 6.64. The first-order chi connectivity index (χ1) is 4.63. The molecule has 0 atom stereocenters. The highest BCUT2D eigenvalue weighted by Gasteiger charge is 2.07. The molecule has 1 rings (SSSR count). The summed E-state index contributed by atoms with van der Waals surface area (Å²) in [5.74, 6) is 0.620. The van der Waals surface area contributed by atoms with Crippen LogP contribution in [-0.4, -0.2) is 11.6 Å². The van der Waals surface area contributed by atoms with Crippen molar-refractivity contribution < 1.29 is 9.59 Å². The minimum Gasteiger partial charge on any atom is -0.300 e. The monoisotopic (exact) mass is 142 g/mol. The molecule has 2 heteroatoms. The fourth-order valence-electron chi connectivity index (χ4n) is 0.769. The second-order valence-corrected chi connectivity index (χ2v) is 2.65. The Morgan fingerprint density at radius 1 is 1.20 bits per heavy atom. The van der Waals surface area contributed by atoms with Crippen molar-refractivity contribution >= 4 is 11.6 Å². The highest BCUT2D eigenvalue weighted by Crippen LogP contribution is 2.11. The van der Waals surface area contributed by atoms with Crippen molar-refractivity contribution in [2.45, 2.75) is 39.5 Å². The molecular formula is C8H14O2. The Hall–Kier alpha value is -0.660. The first kappa shape index (κ1) is 9.34. The van der Waals surface area contributed by atoms with E-state index in [1.807, 2.05) is 0 Å². The fraction of sp³-hybridized carbons (Fsp3) is 0.750. The first-order valence-corrected chi connectivity index (χ1v) is 3.62. The van der Waals surface area contributed by atoms with E-state index in [2.05, 4.69) is 0 Å². The molecule has 1 aliphatic carbocycles. The van der Waals surface area contributed by atoms with Crippen LogP contribution in [0.2, 0.25) is 0 Å². The molecule has 0 aromatic carbocycles. The summed E-state index contributed by atoms with van der Waals surface area (Å²) in [5.41, 5.74) is 0. The lowest BCUT2D eigenvalue weighted by atomic mass is 10.4. The van der Waals surface area contributed by atoms with Crippen molar-refractivity contribution in [2.24, 2.45) is 0 Å². The molecule has 0 aliphatic heterocycles. The molecule has 58 valence electrons. The van der Waals surface area contributed by atoms with Crippen LogP contribution in [0.15, 0.2) is 0 Å². The lowest BCUT2D eigenvalue weighted by molar-refractivity contribution is -0.117. The molecule has 0 unspecified atom stereocenters. The van der Waals surface area contributed by atoms with E-state index in [9.17, 15) is 9.59 Å². The molecule has 0 aromatic rings. The van der Waals surface area contributed by atoms with Crippen LogP contribution in [0.1, 0.15) is 39.5 Å². The smallest absolute Gasteiger partial charge is 0.132 e. The van der Waals surface area contributed by atoms with Crippen LogP contribution in [0.25, 0.3) is 0 Å². The summed E-state index contributed by atoms with van der Waals surface area (Å²) in [4.78, 5) is 19.7. The van der Waals surface area contributed by atoms with E-state index in [0.717, 1.165) is 25.7 Å². The van der Waals surface area contributed by atoms with E-state index in [1.54, 1.807) is 0 Å². The predicted octanol–water partition coefficient (Wildman–Crippen LogP) is 1.72. The molecule has 1 saturated carbocycles. The predicted molar refractivity (Wildman–Crippen MR) is 39.8 cm³/mol. The van der Waals surface area contributed by atoms with E-state index < -0.39 is 0 Å². The molecule has 1 aliphatic rings. The van der Waals surface area contributed by atoms with Crippen LogP contribution < -0.4 is 0 Å². The maximum Gasteiger partial charge on any atom is 0.132 e. The van der Waals surface area contributed by atoms with Gasteiger partial charge in [0.25, 0.3) is 0 Å². The van der Waals surface area contributed by atoms with Crippen molar-refractivity contribution in [3.05, 3.63) is 0 Å². The molecule has 0 N–H and O–H groups in total. The van der Waals surface area contributed by atoms with E-state index in [0.29, 0.717) is 5.78 Å². The molecule has 1 fully saturated rings. The summed E-state index contributed by atoms with van der Waals surface area (Å²) in [6, 6.07) is 0. The molecule has 0 amide bonds. The third-order valence-corrected chi connectivity index (χ3v) is 1.16. The van der Waals surface area contributed by atoms with Crippen LogP contribution >= 0.6 is 0 Å². The van der Waals surface area contributed by atoms with Gasteiger partial charge in [0, 0.05) is 12.8 Å². The van der Waals surface area contributed by atoms with Crippen LogP contribution in [0, 0.1) is 0 Å². The first-order valence-electron chi connectivity index (χ1n) is 3.62. The van der Waals surface area contributed by atoms with Crippen LogP contribution in [-0.2, 0) is 9.59 Å². The number of Topliss-reactive ketones (excluding diaryl/α,β-unsaturated/α-hetero) is 2. The van der Waals surface area contributed by atoms with Crippen LogP contribution in [0.3, 0.4) is 0 Å². The van der Waals surface area contributed by atoms with Gasteiger partial charge in [0.05, 0.1) is 0 Å². The molecule has 10 heavy (non-hydrogen) atoms. The Morgan fingerprint density at radius 2 is 1.50 bits per heavy atom. The summed E-state index contributed by atoms with van der Waals surface area (Å²) in [5, 5.41) is 0. The molecule has 2 nitrogen and oxygen atoms in total. The van der Waals surface area contributed by atoms with Gasteiger partial charge in [-0.1, -0.05) is 0 Å². The van der Waals surface area contributed by atoms with Gasteiger partial charge in [0.15, 0.2) is 0 Å². The second kappa shape index (κ2) is 5.15. The normalized spacial score (nSPS) is 16.0. The quantitative estimate of drug-likeness (QED) is 0.516. The fourth-order valence-corrected chi connectivity index (χ4v) is 0.769. The van der Waals surface area contributed by atoms with E-state index in [1.165, 1.54) is 13.8 Å². The van der Waals surface area contributed by atoms with Gasteiger partial charge in [0.1, 0.15) is 11.6 Å². The topological polar surface area (TPSA) is 34.1 Å². The minimum atomic E-state index is 0.167. The highest BCUT2D eigenvalue weighted by molar-refractivity contribution is 5.80. The maximum atomic E-state index is 10.2. The number of ketones is 2. The number of carbonyl (C=O) groups excluding carboxylic acids is 2. The number of hydrogen-bond acceptors (Lipinski definition) is 2. The molecule has 0 radical (unpaired) electrons. The summed E-state index contributed by atoms with van der Waals surface area (Å²) in [6.45, 7) is 3.06. The number of rotatable bonds is 0. The van der Waals surface area contributed by atoms with Crippen LogP contribution in [0.4, 0.5) is 0 Å². The molecular weight excluding hydrogens is 128 g/mol. The molecule has 0 bridgehead atoms. The molecule has 0 saturated heterocycles. The number of carbonyl (C=O) groups is 2.